The zero-order valence-corrected chi connectivity index (χ0v) is 11.0. The molecule has 1 aromatic rings. The molecule has 0 amide bonds. The van der Waals surface area contributed by atoms with Crippen molar-refractivity contribution in [3.8, 4) is 11.8 Å². The first-order valence-electron chi connectivity index (χ1n) is 5.38. The van der Waals surface area contributed by atoms with E-state index in [0.717, 1.165) is 12.1 Å². The van der Waals surface area contributed by atoms with Crippen molar-refractivity contribution in [2.75, 3.05) is 6.61 Å². The molecule has 1 aromatic carbocycles. The SMILES string of the molecule is CCOC(=O)c1cc(CCl)c(OC(F)(F)F)cc1C#N. The van der Waals surface area contributed by atoms with Gasteiger partial charge in [-0.05, 0) is 19.1 Å². The lowest BCUT2D eigenvalue weighted by atomic mass is 10.0. The van der Waals surface area contributed by atoms with Gasteiger partial charge in [0.2, 0.25) is 0 Å². The van der Waals surface area contributed by atoms with Crippen molar-refractivity contribution < 1.29 is 27.4 Å². The molecule has 20 heavy (non-hydrogen) atoms. The van der Waals surface area contributed by atoms with Crippen molar-refractivity contribution in [3.05, 3.63) is 28.8 Å². The molecule has 0 spiro atoms. The van der Waals surface area contributed by atoms with Crippen LogP contribution in [0.1, 0.15) is 28.4 Å². The third-order valence-electron chi connectivity index (χ3n) is 2.19. The molecule has 1 rings (SSSR count). The van der Waals surface area contributed by atoms with Crippen LogP contribution in [-0.2, 0) is 10.6 Å². The van der Waals surface area contributed by atoms with Crippen molar-refractivity contribution in [1.82, 2.24) is 0 Å². The molecule has 8 heteroatoms. The van der Waals surface area contributed by atoms with Crippen molar-refractivity contribution in [2.24, 2.45) is 0 Å². The molecule has 0 fully saturated rings. The highest BCUT2D eigenvalue weighted by molar-refractivity contribution is 6.17. The fourth-order valence-electron chi connectivity index (χ4n) is 1.42. The smallest absolute Gasteiger partial charge is 0.462 e. The maximum Gasteiger partial charge on any atom is 0.573 e. The lowest BCUT2D eigenvalue weighted by molar-refractivity contribution is -0.274. The number of halogens is 4. The highest BCUT2D eigenvalue weighted by atomic mass is 35.5. The Morgan fingerprint density at radius 3 is 2.55 bits per heavy atom. The molecule has 0 saturated carbocycles. The summed E-state index contributed by atoms with van der Waals surface area (Å²) < 4.78 is 45.2. The highest BCUT2D eigenvalue weighted by Crippen LogP contribution is 2.30. The number of rotatable bonds is 4. The number of carbonyl (C=O) groups is 1. The molecule has 0 aliphatic carbocycles. The quantitative estimate of drug-likeness (QED) is 0.632. The number of esters is 1. The van der Waals surface area contributed by atoms with Gasteiger partial charge in [0, 0.05) is 5.56 Å². The lowest BCUT2D eigenvalue weighted by Gasteiger charge is -2.14. The molecule has 108 valence electrons. The molecule has 0 atom stereocenters. The normalized spacial score (nSPS) is 10.8. The summed E-state index contributed by atoms with van der Waals surface area (Å²) in [5, 5.41) is 8.89. The van der Waals surface area contributed by atoms with E-state index in [1.807, 2.05) is 0 Å². The average molecular weight is 308 g/mol. The van der Waals surface area contributed by atoms with E-state index in [1.165, 1.54) is 0 Å². The number of ether oxygens (including phenoxy) is 2. The van der Waals surface area contributed by atoms with Crippen LogP contribution in [-0.4, -0.2) is 18.9 Å². The van der Waals surface area contributed by atoms with Gasteiger partial charge in [0.1, 0.15) is 11.8 Å². The minimum absolute atomic E-state index is 0.0638. The number of hydrogen-bond acceptors (Lipinski definition) is 4. The maximum atomic E-state index is 12.2. The van der Waals surface area contributed by atoms with Crippen LogP contribution in [0.2, 0.25) is 0 Å². The number of carbonyl (C=O) groups excluding carboxylic acids is 1. The van der Waals surface area contributed by atoms with E-state index in [-0.39, 0.29) is 29.2 Å². The molecule has 0 heterocycles. The molecule has 0 N–H and O–H groups in total. The van der Waals surface area contributed by atoms with Gasteiger partial charge in [-0.1, -0.05) is 0 Å². The van der Waals surface area contributed by atoms with E-state index in [9.17, 15) is 18.0 Å². The molecular formula is C12H9ClF3NO3. The zero-order valence-electron chi connectivity index (χ0n) is 10.3. The summed E-state index contributed by atoms with van der Waals surface area (Å²) in [4.78, 5) is 11.6. The largest absolute Gasteiger partial charge is 0.573 e. The summed E-state index contributed by atoms with van der Waals surface area (Å²) >= 11 is 5.53. The summed E-state index contributed by atoms with van der Waals surface area (Å²) in [6.07, 6.45) is -4.92. The van der Waals surface area contributed by atoms with E-state index in [4.69, 9.17) is 21.6 Å². The molecule has 0 unspecified atom stereocenters. The van der Waals surface area contributed by atoms with E-state index >= 15 is 0 Å². The van der Waals surface area contributed by atoms with Gasteiger partial charge in [0.25, 0.3) is 0 Å². The van der Waals surface area contributed by atoms with E-state index in [0.29, 0.717) is 0 Å². The van der Waals surface area contributed by atoms with Crippen LogP contribution in [0.25, 0.3) is 0 Å². The number of nitriles is 1. The molecule has 0 bridgehead atoms. The third-order valence-corrected chi connectivity index (χ3v) is 2.47. The Hall–Kier alpha value is -1.94. The first-order valence-corrected chi connectivity index (χ1v) is 5.91. The zero-order chi connectivity index (χ0) is 15.3. The number of benzene rings is 1. The van der Waals surface area contributed by atoms with Crippen molar-refractivity contribution in [1.29, 1.82) is 5.26 Å². The second-order valence-corrected chi connectivity index (χ2v) is 3.79. The van der Waals surface area contributed by atoms with Gasteiger partial charge in [-0.3, -0.25) is 0 Å². The fourth-order valence-corrected chi connectivity index (χ4v) is 1.63. The third kappa shape index (κ3) is 4.03. The van der Waals surface area contributed by atoms with Gasteiger partial charge in [-0.25, -0.2) is 4.79 Å². The Morgan fingerprint density at radius 1 is 1.45 bits per heavy atom. The minimum atomic E-state index is -4.92. The Balaban J connectivity index is 3.31. The van der Waals surface area contributed by atoms with Crippen molar-refractivity contribution in [3.63, 3.8) is 0 Å². The molecule has 0 aromatic heterocycles. The Morgan fingerprint density at radius 2 is 2.10 bits per heavy atom. The molecular weight excluding hydrogens is 299 g/mol. The Labute approximate surface area is 117 Å². The number of alkyl halides is 4. The highest BCUT2D eigenvalue weighted by Gasteiger charge is 2.32. The van der Waals surface area contributed by atoms with Crippen molar-refractivity contribution in [2.45, 2.75) is 19.2 Å². The van der Waals surface area contributed by atoms with Gasteiger partial charge < -0.3 is 9.47 Å². The van der Waals surface area contributed by atoms with Crippen LogP contribution in [0, 0.1) is 11.3 Å². The first-order chi connectivity index (χ1) is 9.32. The van der Waals surface area contributed by atoms with Crippen molar-refractivity contribution >= 4 is 17.6 Å². The average Bonchev–Trinajstić information content (AvgIpc) is 2.36. The van der Waals surface area contributed by atoms with Gasteiger partial charge in [0.15, 0.2) is 0 Å². The predicted octanol–water partition coefficient (Wildman–Crippen LogP) is 3.37. The van der Waals surface area contributed by atoms with Gasteiger partial charge in [-0.2, -0.15) is 5.26 Å². The lowest BCUT2D eigenvalue weighted by Crippen LogP contribution is -2.19. The Bertz CT molecular complexity index is 552. The summed E-state index contributed by atoms with van der Waals surface area (Å²) in [5.74, 6) is -1.74. The van der Waals surface area contributed by atoms with Gasteiger partial charge in [0.05, 0.1) is 23.6 Å². The standard InChI is InChI=1S/C12H9ClF3NO3/c1-2-19-11(18)9-3-7(5-13)10(4-8(9)6-17)20-12(14,15)16/h3-4H,2,5H2,1H3. The van der Waals surface area contributed by atoms with Gasteiger partial charge in [-0.15, -0.1) is 24.8 Å². The van der Waals surface area contributed by atoms with E-state index in [2.05, 4.69) is 4.74 Å². The Kier molecular flexibility index (Phi) is 5.22. The summed E-state index contributed by atoms with van der Waals surface area (Å²) in [6, 6.07) is 3.50. The molecule has 0 saturated heterocycles. The second-order valence-electron chi connectivity index (χ2n) is 3.52. The monoisotopic (exact) mass is 307 g/mol. The fraction of sp³-hybridized carbons (Fsp3) is 0.333. The molecule has 0 aliphatic rings. The van der Waals surface area contributed by atoms with E-state index in [1.54, 1.807) is 13.0 Å². The van der Waals surface area contributed by atoms with Crippen LogP contribution in [0.4, 0.5) is 13.2 Å². The van der Waals surface area contributed by atoms with Crippen LogP contribution in [0.15, 0.2) is 12.1 Å². The summed E-state index contributed by atoms with van der Waals surface area (Å²) in [5.41, 5.74) is -0.498. The van der Waals surface area contributed by atoms with Crippen LogP contribution >= 0.6 is 11.6 Å². The molecule has 0 aliphatic heterocycles. The number of nitrogens with zero attached hydrogens (tertiary/aromatic N) is 1. The topological polar surface area (TPSA) is 59.3 Å². The first kappa shape index (κ1) is 16.1. The second kappa shape index (κ2) is 6.48. The predicted molar refractivity (Wildman–Crippen MR) is 63.4 cm³/mol. The molecule has 0 radical (unpaired) electrons. The minimum Gasteiger partial charge on any atom is -0.462 e. The van der Waals surface area contributed by atoms with E-state index < -0.39 is 18.1 Å². The summed E-state index contributed by atoms with van der Waals surface area (Å²) in [7, 11) is 0. The van der Waals surface area contributed by atoms with Crippen LogP contribution < -0.4 is 4.74 Å². The van der Waals surface area contributed by atoms with Crippen LogP contribution in [0.3, 0.4) is 0 Å². The van der Waals surface area contributed by atoms with Crippen LogP contribution in [0.5, 0.6) is 5.75 Å². The summed E-state index contributed by atoms with van der Waals surface area (Å²) in [6.45, 7) is 1.63. The maximum absolute atomic E-state index is 12.2. The number of hydrogen-bond donors (Lipinski definition) is 0. The van der Waals surface area contributed by atoms with Gasteiger partial charge >= 0.3 is 12.3 Å². The molecule has 4 nitrogen and oxygen atoms in total.